The Morgan fingerprint density at radius 1 is 1.25 bits per heavy atom. The first-order valence-corrected chi connectivity index (χ1v) is 6.31. The fourth-order valence-corrected chi connectivity index (χ4v) is 2.17. The van der Waals surface area contributed by atoms with E-state index < -0.39 is 0 Å². The summed E-state index contributed by atoms with van der Waals surface area (Å²) in [6.07, 6.45) is 1.67. The molecule has 1 aromatic heterocycles. The largest absolute Gasteiger partial charge is 0.255 e. The number of halogens is 2. The van der Waals surface area contributed by atoms with E-state index in [0.717, 1.165) is 15.4 Å². The fourth-order valence-electron chi connectivity index (χ4n) is 1.60. The fraction of sp³-hybridized carbons (Fsp3) is 0.308. The number of fused-ring (bicyclic) bond motifs is 1. The van der Waals surface area contributed by atoms with Crippen LogP contribution in [-0.2, 0) is 5.41 Å². The molecule has 1 nitrogen and oxygen atoms in total. The second kappa shape index (κ2) is 4.01. The van der Waals surface area contributed by atoms with Crippen molar-refractivity contribution in [2.24, 2.45) is 0 Å². The molecule has 0 unspecified atom stereocenters. The molecule has 0 aliphatic rings. The molecule has 0 spiro atoms. The van der Waals surface area contributed by atoms with Gasteiger partial charge in [0.1, 0.15) is 0 Å². The Balaban J connectivity index is 2.74. The normalized spacial score (nSPS) is 12.1. The lowest BCUT2D eigenvalue weighted by Crippen LogP contribution is -2.10. The van der Waals surface area contributed by atoms with E-state index in [1.54, 1.807) is 6.20 Å². The lowest BCUT2D eigenvalue weighted by molar-refractivity contribution is 0.591. The predicted octanol–water partition coefficient (Wildman–Crippen LogP) is 4.95. The van der Waals surface area contributed by atoms with E-state index in [2.05, 4.69) is 53.8 Å². The molecule has 0 N–H and O–H groups in total. The van der Waals surface area contributed by atoms with Crippen LogP contribution in [0.15, 0.2) is 28.9 Å². The summed E-state index contributed by atoms with van der Waals surface area (Å²) in [7, 11) is 0. The van der Waals surface area contributed by atoms with Gasteiger partial charge in [0, 0.05) is 16.1 Å². The second-order valence-electron chi connectivity index (χ2n) is 4.90. The average Bonchev–Trinajstić information content (AvgIpc) is 2.22. The number of aromatic nitrogens is 1. The molecule has 84 valence electrons. The van der Waals surface area contributed by atoms with Gasteiger partial charge >= 0.3 is 0 Å². The van der Waals surface area contributed by atoms with Crippen LogP contribution in [0.25, 0.3) is 10.9 Å². The third-order valence-electron chi connectivity index (χ3n) is 2.63. The van der Waals surface area contributed by atoms with Crippen molar-refractivity contribution < 1.29 is 0 Å². The van der Waals surface area contributed by atoms with E-state index in [0.29, 0.717) is 5.02 Å². The zero-order chi connectivity index (χ0) is 11.9. The first-order valence-electron chi connectivity index (χ1n) is 5.14. The molecule has 0 bridgehead atoms. The maximum Gasteiger partial charge on any atom is 0.0737 e. The van der Waals surface area contributed by atoms with Crippen LogP contribution in [0.3, 0.4) is 0 Å². The number of nitrogens with zero attached hydrogens (tertiary/aromatic N) is 1. The molecule has 0 radical (unpaired) electrons. The second-order valence-corrected chi connectivity index (χ2v) is 6.10. The molecule has 0 aliphatic carbocycles. The topological polar surface area (TPSA) is 12.9 Å². The lowest BCUT2D eigenvalue weighted by Gasteiger charge is -2.19. The first kappa shape index (κ1) is 11.9. The highest BCUT2D eigenvalue weighted by Gasteiger charge is 2.15. The highest BCUT2D eigenvalue weighted by atomic mass is 79.9. The molecule has 1 heterocycles. The monoisotopic (exact) mass is 297 g/mol. The summed E-state index contributed by atoms with van der Waals surface area (Å²) in [6, 6.07) is 6.31. The van der Waals surface area contributed by atoms with Gasteiger partial charge in [-0.05, 0) is 39.0 Å². The summed E-state index contributed by atoms with van der Waals surface area (Å²) in [5.74, 6) is 0. The van der Waals surface area contributed by atoms with Crippen LogP contribution in [0.1, 0.15) is 26.3 Å². The van der Waals surface area contributed by atoms with Crippen LogP contribution in [0.2, 0.25) is 5.02 Å². The van der Waals surface area contributed by atoms with Gasteiger partial charge in [0.05, 0.1) is 10.5 Å². The van der Waals surface area contributed by atoms with Crippen molar-refractivity contribution in [2.45, 2.75) is 26.2 Å². The molecular formula is C13H13BrClN. The van der Waals surface area contributed by atoms with Gasteiger partial charge in [0.15, 0.2) is 0 Å². The van der Waals surface area contributed by atoms with Crippen LogP contribution in [-0.4, -0.2) is 4.98 Å². The Kier molecular flexibility index (Phi) is 2.97. The first-order chi connectivity index (χ1) is 7.39. The summed E-state index contributed by atoms with van der Waals surface area (Å²) in [5.41, 5.74) is 2.38. The minimum Gasteiger partial charge on any atom is -0.255 e. The van der Waals surface area contributed by atoms with E-state index in [1.165, 1.54) is 5.56 Å². The van der Waals surface area contributed by atoms with Crippen molar-refractivity contribution in [1.29, 1.82) is 0 Å². The minimum atomic E-state index is 0.135. The predicted molar refractivity (Wildman–Crippen MR) is 73.2 cm³/mol. The Morgan fingerprint density at radius 3 is 2.56 bits per heavy atom. The molecule has 3 heteroatoms. The van der Waals surface area contributed by atoms with Gasteiger partial charge in [-0.3, -0.25) is 4.98 Å². The van der Waals surface area contributed by atoms with E-state index >= 15 is 0 Å². The van der Waals surface area contributed by atoms with Crippen molar-refractivity contribution in [1.82, 2.24) is 4.98 Å². The number of hydrogen-bond acceptors (Lipinski definition) is 1. The molecule has 0 aliphatic heterocycles. The Morgan fingerprint density at radius 2 is 1.94 bits per heavy atom. The smallest absolute Gasteiger partial charge is 0.0737 e. The zero-order valence-corrected chi connectivity index (χ0v) is 11.9. The Bertz CT molecular complexity index is 543. The molecule has 0 saturated heterocycles. The summed E-state index contributed by atoms with van der Waals surface area (Å²) in [6.45, 7) is 6.58. The van der Waals surface area contributed by atoms with E-state index in [9.17, 15) is 0 Å². The Hall–Kier alpha value is -0.600. The van der Waals surface area contributed by atoms with Gasteiger partial charge in [-0.25, -0.2) is 0 Å². The van der Waals surface area contributed by atoms with Crippen LogP contribution in [0, 0.1) is 0 Å². The molecule has 0 saturated carbocycles. The average molecular weight is 299 g/mol. The van der Waals surface area contributed by atoms with Crippen LogP contribution in [0.5, 0.6) is 0 Å². The van der Waals surface area contributed by atoms with Gasteiger partial charge in [0.2, 0.25) is 0 Å². The maximum atomic E-state index is 6.04. The number of benzene rings is 1. The molecule has 0 atom stereocenters. The van der Waals surface area contributed by atoms with Gasteiger partial charge in [-0.15, -0.1) is 0 Å². The van der Waals surface area contributed by atoms with Crippen molar-refractivity contribution in [3.63, 3.8) is 0 Å². The number of rotatable bonds is 0. The van der Waals surface area contributed by atoms with Gasteiger partial charge < -0.3 is 0 Å². The molecule has 16 heavy (non-hydrogen) atoms. The molecule has 1 aromatic carbocycles. The molecule has 2 rings (SSSR count). The van der Waals surface area contributed by atoms with Crippen molar-refractivity contribution in [3.05, 3.63) is 39.5 Å². The van der Waals surface area contributed by atoms with Crippen LogP contribution >= 0.6 is 27.5 Å². The van der Waals surface area contributed by atoms with Gasteiger partial charge in [-0.2, -0.15) is 0 Å². The van der Waals surface area contributed by atoms with Gasteiger partial charge in [-0.1, -0.05) is 38.4 Å². The quantitative estimate of drug-likeness (QED) is 0.670. The molecule has 2 aromatic rings. The SMILES string of the molecule is CC(C)(C)c1ccc2ncc(Cl)c(Br)c2c1. The third kappa shape index (κ3) is 2.09. The van der Waals surface area contributed by atoms with Gasteiger partial charge in [0.25, 0.3) is 0 Å². The summed E-state index contributed by atoms with van der Waals surface area (Å²) in [4.78, 5) is 4.30. The Labute approximate surface area is 109 Å². The van der Waals surface area contributed by atoms with E-state index in [1.807, 2.05) is 6.07 Å². The molecule has 0 amide bonds. The van der Waals surface area contributed by atoms with E-state index in [-0.39, 0.29) is 5.41 Å². The van der Waals surface area contributed by atoms with Crippen LogP contribution < -0.4 is 0 Å². The number of hydrogen-bond donors (Lipinski definition) is 0. The standard InChI is InChI=1S/C13H13BrClN/c1-13(2,3)8-4-5-11-9(6-8)12(14)10(15)7-16-11/h4-7H,1-3H3. The van der Waals surface area contributed by atoms with Crippen molar-refractivity contribution >= 4 is 38.4 Å². The van der Waals surface area contributed by atoms with E-state index in [4.69, 9.17) is 11.6 Å². The van der Waals surface area contributed by atoms with Crippen LogP contribution in [0.4, 0.5) is 0 Å². The van der Waals surface area contributed by atoms with Crippen molar-refractivity contribution in [2.75, 3.05) is 0 Å². The zero-order valence-electron chi connectivity index (χ0n) is 9.51. The highest BCUT2D eigenvalue weighted by molar-refractivity contribution is 9.10. The maximum absolute atomic E-state index is 6.04. The minimum absolute atomic E-state index is 0.135. The molecule has 0 fully saturated rings. The third-order valence-corrected chi connectivity index (χ3v) is 3.99. The summed E-state index contributed by atoms with van der Waals surface area (Å²) >= 11 is 9.55. The molecular weight excluding hydrogens is 286 g/mol. The highest BCUT2D eigenvalue weighted by Crippen LogP contribution is 2.32. The number of pyridine rings is 1. The lowest BCUT2D eigenvalue weighted by atomic mass is 9.86. The summed E-state index contributed by atoms with van der Waals surface area (Å²) < 4.78 is 0.922. The summed E-state index contributed by atoms with van der Waals surface area (Å²) in [5, 5.41) is 1.72. The van der Waals surface area contributed by atoms with Crippen molar-refractivity contribution in [3.8, 4) is 0 Å².